The van der Waals surface area contributed by atoms with Crippen LogP contribution >= 0.6 is 7.92 Å². The molecule has 0 N–H and O–H groups in total. The maximum atomic E-state index is 2.49. The zero-order valence-corrected chi connectivity index (χ0v) is 27.3. The molecule has 0 bridgehead atoms. The minimum atomic E-state index is -1.02. The number of allylic oxidation sites excluding steroid dienone is 4. The van der Waals surface area contributed by atoms with Crippen LogP contribution in [0.3, 0.4) is 0 Å². The van der Waals surface area contributed by atoms with Crippen LogP contribution in [-0.4, -0.2) is 19.0 Å². The number of halogens is 2. The van der Waals surface area contributed by atoms with E-state index in [0.717, 1.165) is 6.42 Å². The van der Waals surface area contributed by atoms with E-state index in [1.165, 1.54) is 34.4 Å². The molecule has 0 heterocycles. The number of fused-ring (bicyclic) bond motifs is 3. The summed E-state index contributed by atoms with van der Waals surface area (Å²) in [6, 6.07) is 38.8. The number of hydrogen-bond donors (Lipinski definition) is 0. The van der Waals surface area contributed by atoms with Crippen LogP contribution in [-0.2, 0) is 23.2 Å². The summed E-state index contributed by atoms with van der Waals surface area (Å²) >= 11 is -1.02. The third-order valence-electron chi connectivity index (χ3n) is 7.95. The molecule has 194 valence electrons. The Morgan fingerprint density at radius 2 is 1.31 bits per heavy atom. The van der Waals surface area contributed by atoms with E-state index in [1.807, 2.05) is 0 Å². The number of rotatable bonds is 8. The summed E-state index contributed by atoms with van der Waals surface area (Å²) in [5.74, 6) is 0. The largest absolute Gasteiger partial charge is 1.00 e. The molecule has 0 spiro atoms. The number of hydrogen-bond acceptors (Lipinski definition) is 0. The molecule has 6 rings (SSSR count). The van der Waals surface area contributed by atoms with Crippen LogP contribution in [0.25, 0.3) is 11.1 Å². The van der Waals surface area contributed by atoms with Gasteiger partial charge in [-0.1, -0.05) is 0 Å². The van der Waals surface area contributed by atoms with E-state index in [2.05, 4.69) is 129 Å². The Hall–Kier alpha value is -1.68. The van der Waals surface area contributed by atoms with Crippen molar-refractivity contribution in [3.05, 3.63) is 135 Å². The zero-order chi connectivity index (χ0) is 25.2. The van der Waals surface area contributed by atoms with Crippen LogP contribution in [0.15, 0.2) is 124 Å². The third-order valence-corrected chi connectivity index (χ3v) is 14.4. The summed E-state index contributed by atoms with van der Waals surface area (Å²) in [6.45, 7) is 5.15. The Labute approximate surface area is 259 Å². The van der Waals surface area contributed by atoms with E-state index < -0.39 is 23.2 Å². The van der Waals surface area contributed by atoms with Crippen LogP contribution in [0.4, 0.5) is 0 Å². The fourth-order valence-electron chi connectivity index (χ4n) is 6.25. The first-order valence-electron chi connectivity index (χ1n) is 13.5. The van der Waals surface area contributed by atoms with Crippen molar-refractivity contribution in [3.8, 4) is 11.1 Å². The van der Waals surface area contributed by atoms with Gasteiger partial charge in [-0.2, -0.15) is 0 Å². The standard InChI is InChI=1S/C17H14B.C17H18P.2ClH.Zr/c1-3-9-15(10-4-1)18(17-13-7-8-14-17)16-11-5-2-6-12-16;1-3-18(4-2)17-15-11-7-5-9-13(15)14-10-6-8-12-16(14)17;;;/h1-12H,13H2;5-11,17H,3-4H2,1-2H3;2*1H;/q;;;;+2/p-2. The minimum Gasteiger partial charge on any atom is -1.00 e. The molecule has 0 saturated carbocycles. The smallest absolute Gasteiger partial charge is 1.00 e. The van der Waals surface area contributed by atoms with Crippen LogP contribution in [0.2, 0.25) is 0 Å². The van der Waals surface area contributed by atoms with Gasteiger partial charge in [0, 0.05) is 0 Å². The van der Waals surface area contributed by atoms with E-state index >= 15 is 0 Å². The molecule has 39 heavy (non-hydrogen) atoms. The second-order valence-electron chi connectivity index (χ2n) is 9.90. The molecule has 4 aromatic carbocycles. The summed E-state index contributed by atoms with van der Waals surface area (Å²) < 4.78 is 3.36. The Kier molecular flexibility index (Phi) is 10.7. The normalized spacial score (nSPS) is 14.8. The fourth-order valence-corrected chi connectivity index (χ4v) is 12.7. The summed E-state index contributed by atoms with van der Waals surface area (Å²) in [5, 5.41) is 0. The molecule has 1 atom stereocenters. The van der Waals surface area contributed by atoms with E-state index in [9.17, 15) is 0 Å². The molecule has 5 heteroatoms. The van der Waals surface area contributed by atoms with Crippen LogP contribution in [0, 0.1) is 0 Å². The Morgan fingerprint density at radius 3 is 1.95 bits per heavy atom. The average Bonchev–Trinajstić information content (AvgIpc) is 3.54. The number of benzene rings is 4. The molecule has 0 fully saturated rings. The molecule has 0 amide bonds. The Balaban J connectivity index is 0.00000176. The molecule has 0 aliphatic heterocycles. The van der Waals surface area contributed by atoms with Gasteiger partial charge in [-0.25, -0.2) is 0 Å². The SMILES string of the molecule is CCP(CC)C1c2ccccc2-c2ccc[c]([Zr+2][C]3=C(B(c4ccccc4)c4ccccc4)CC=C3)c21.[Cl-].[Cl-]. The summed E-state index contributed by atoms with van der Waals surface area (Å²) in [7, 11) is -0.0673. The van der Waals surface area contributed by atoms with E-state index in [-0.39, 0.29) is 32.7 Å². The summed E-state index contributed by atoms with van der Waals surface area (Å²) in [5.41, 5.74) is 11.3. The van der Waals surface area contributed by atoms with Gasteiger partial charge in [0.05, 0.1) is 0 Å². The molecule has 2 aliphatic carbocycles. The van der Waals surface area contributed by atoms with Gasteiger partial charge in [0.1, 0.15) is 0 Å². The monoisotopic (exact) mass is 642 g/mol. The summed E-state index contributed by atoms with van der Waals surface area (Å²) in [6.07, 6.45) is 8.56. The molecule has 1 unspecified atom stereocenters. The fraction of sp³-hybridized carbons (Fsp3) is 0.176. The molecule has 0 radical (unpaired) electrons. The van der Waals surface area contributed by atoms with Crippen molar-refractivity contribution in [1.29, 1.82) is 0 Å². The molecular weight excluding hydrogens is 612 g/mol. The third kappa shape index (κ3) is 5.88. The van der Waals surface area contributed by atoms with Gasteiger partial charge < -0.3 is 24.8 Å². The maximum Gasteiger partial charge on any atom is -1.00 e. The van der Waals surface area contributed by atoms with Gasteiger partial charge >= 0.3 is 237 Å². The molecule has 0 aromatic heterocycles. The van der Waals surface area contributed by atoms with Gasteiger partial charge in [-0.15, -0.1) is 0 Å². The first-order chi connectivity index (χ1) is 18.3. The van der Waals surface area contributed by atoms with Crippen molar-refractivity contribution < 1.29 is 48.0 Å². The van der Waals surface area contributed by atoms with Crippen molar-refractivity contribution >= 4 is 28.8 Å². The molecule has 0 nitrogen and oxygen atoms in total. The van der Waals surface area contributed by atoms with Gasteiger partial charge in [-0.3, -0.25) is 0 Å². The molecular formula is C34H32BCl2PZr. The predicted octanol–water partition coefficient (Wildman–Crippen LogP) is 1.06. The Bertz CT molecular complexity index is 1430. The van der Waals surface area contributed by atoms with E-state index in [1.54, 1.807) is 23.2 Å². The van der Waals surface area contributed by atoms with Crippen LogP contribution < -0.4 is 39.0 Å². The van der Waals surface area contributed by atoms with Crippen molar-refractivity contribution in [2.75, 3.05) is 12.3 Å². The zero-order valence-electron chi connectivity index (χ0n) is 22.4. The van der Waals surface area contributed by atoms with Gasteiger partial charge in [-0.05, 0) is 0 Å². The first kappa shape index (κ1) is 30.3. The first-order valence-corrected chi connectivity index (χ1v) is 17.8. The van der Waals surface area contributed by atoms with Crippen molar-refractivity contribution in [2.45, 2.75) is 25.9 Å². The Morgan fingerprint density at radius 1 is 0.718 bits per heavy atom. The quantitative estimate of drug-likeness (QED) is 0.199. The average molecular weight is 645 g/mol. The topological polar surface area (TPSA) is 0 Å². The molecule has 0 saturated heterocycles. The second kappa shape index (κ2) is 13.8. The van der Waals surface area contributed by atoms with Gasteiger partial charge in [0.2, 0.25) is 0 Å². The maximum absolute atomic E-state index is 2.49. The molecule has 4 aromatic rings. The van der Waals surface area contributed by atoms with Crippen molar-refractivity contribution in [3.63, 3.8) is 0 Å². The van der Waals surface area contributed by atoms with E-state index in [4.69, 9.17) is 0 Å². The van der Waals surface area contributed by atoms with E-state index in [0.29, 0.717) is 12.4 Å². The van der Waals surface area contributed by atoms with Crippen molar-refractivity contribution in [1.82, 2.24) is 0 Å². The second-order valence-corrected chi connectivity index (χ2v) is 16.1. The molecule has 2 aliphatic rings. The van der Waals surface area contributed by atoms with Gasteiger partial charge in [0.25, 0.3) is 0 Å². The van der Waals surface area contributed by atoms with Crippen molar-refractivity contribution in [2.24, 2.45) is 0 Å². The van der Waals surface area contributed by atoms with Crippen LogP contribution in [0.1, 0.15) is 37.1 Å². The van der Waals surface area contributed by atoms with Gasteiger partial charge in [0.15, 0.2) is 0 Å². The summed E-state index contributed by atoms with van der Waals surface area (Å²) in [4.78, 5) is 0. The predicted molar refractivity (Wildman–Crippen MR) is 160 cm³/mol. The minimum absolute atomic E-state index is 0. The van der Waals surface area contributed by atoms with Crippen LogP contribution in [0.5, 0.6) is 0 Å².